The Morgan fingerprint density at radius 1 is 1.12 bits per heavy atom. The van der Waals surface area contributed by atoms with Crippen molar-refractivity contribution in [2.45, 2.75) is 63.0 Å². The summed E-state index contributed by atoms with van der Waals surface area (Å²) in [5.74, 6) is -0.00374. The number of pyridine rings is 1. The molecule has 2 N–H and O–H groups in total. The molecule has 0 radical (unpaired) electrons. The van der Waals surface area contributed by atoms with Crippen LogP contribution >= 0.6 is 0 Å². The van der Waals surface area contributed by atoms with Crippen LogP contribution in [0, 0.1) is 5.82 Å². The summed E-state index contributed by atoms with van der Waals surface area (Å²) < 4.78 is 14.3. The van der Waals surface area contributed by atoms with Crippen LogP contribution in [0.1, 0.15) is 57.1 Å². The molecule has 5 nitrogen and oxygen atoms in total. The summed E-state index contributed by atoms with van der Waals surface area (Å²) in [7, 11) is 0. The Morgan fingerprint density at radius 3 is 2.64 bits per heavy atom. The predicted octanol–water partition coefficient (Wildman–Crippen LogP) is 3.79. The molecule has 0 amide bonds. The van der Waals surface area contributed by atoms with Gasteiger partial charge >= 0.3 is 0 Å². The summed E-state index contributed by atoms with van der Waals surface area (Å²) in [4.78, 5) is 12.8. The number of rotatable bonds is 4. The minimum Gasteiger partial charge on any atom is -0.384 e. The largest absolute Gasteiger partial charge is 0.384 e. The van der Waals surface area contributed by atoms with Crippen LogP contribution in [-0.2, 0) is 5.60 Å². The number of anilines is 1. The van der Waals surface area contributed by atoms with E-state index in [9.17, 15) is 9.50 Å². The topological polar surface area (TPSA) is 70.9 Å². The maximum atomic E-state index is 14.3. The van der Waals surface area contributed by atoms with E-state index in [1.165, 1.54) is 25.5 Å². The summed E-state index contributed by atoms with van der Waals surface area (Å²) in [5.41, 5.74) is 0.593. The van der Waals surface area contributed by atoms with Crippen LogP contribution in [-0.4, -0.2) is 26.1 Å². The Kier molecular flexibility index (Phi) is 4.37. The first-order chi connectivity index (χ1) is 12.1. The smallest absolute Gasteiger partial charge is 0.223 e. The molecule has 0 unspecified atom stereocenters. The normalized spacial score (nSPS) is 20.1. The lowest BCUT2D eigenvalue weighted by atomic mass is 9.77. The minimum absolute atomic E-state index is 0.250. The van der Waals surface area contributed by atoms with E-state index in [-0.39, 0.29) is 5.69 Å². The number of hydrogen-bond acceptors (Lipinski definition) is 5. The average Bonchev–Trinajstić information content (AvgIpc) is 2.62. The van der Waals surface area contributed by atoms with Gasteiger partial charge in [-0.25, -0.2) is 14.4 Å². The number of nitrogens with zero attached hydrogens (tertiary/aromatic N) is 3. The van der Waals surface area contributed by atoms with Crippen LogP contribution in [0.25, 0.3) is 11.3 Å². The van der Waals surface area contributed by atoms with Gasteiger partial charge in [0.05, 0.1) is 11.9 Å². The van der Waals surface area contributed by atoms with Crippen molar-refractivity contribution in [1.82, 2.24) is 15.0 Å². The minimum atomic E-state index is -0.872. The molecule has 132 valence electrons. The molecule has 4 rings (SSSR count). The third kappa shape index (κ3) is 3.35. The van der Waals surface area contributed by atoms with Crippen molar-refractivity contribution in [3.05, 3.63) is 36.0 Å². The molecule has 2 aromatic heterocycles. The van der Waals surface area contributed by atoms with E-state index in [0.717, 1.165) is 19.3 Å². The number of halogens is 1. The summed E-state index contributed by atoms with van der Waals surface area (Å²) in [6.07, 6.45) is 11.1. The number of hydrogen-bond donors (Lipinski definition) is 2. The van der Waals surface area contributed by atoms with Crippen LogP contribution in [0.5, 0.6) is 0 Å². The van der Waals surface area contributed by atoms with E-state index >= 15 is 0 Å². The lowest BCUT2D eigenvalue weighted by molar-refractivity contribution is -0.0425. The van der Waals surface area contributed by atoms with Gasteiger partial charge in [-0.15, -0.1) is 0 Å². The van der Waals surface area contributed by atoms with Crippen molar-refractivity contribution < 1.29 is 9.50 Å². The van der Waals surface area contributed by atoms with Crippen LogP contribution in [0.3, 0.4) is 0 Å². The molecule has 0 saturated heterocycles. The maximum Gasteiger partial charge on any atom is 0.223 e. The van der Waals surface area contributed by atoms with E-state index in [4.69, 9.17) is 0 Å². The van der Waals surface area contributed by atoms with Gasteiger partial charge in [0.15, 0.2) is 5.82 Å². The zero-order valence-electron chi connectivity index (χ0n) is 14.2. The summed E-state index contributed by atoms with van der Waals surface area (Å²) in [5, 5.41) is 13.8. The highest BCUT2D eigenvalue weighted by molar-refractivity contribution is 5.61. The Morgan fingerprint density at radius 2 is 1.92 bits per heavy atom. The quantitative estimate of drug-likeness (QED) is 0.884. The molecule has 6 heteroatoms. The zero-order chi connectivity index (χ0) is 17.3. The molecule has 0 aliphatic heterocycles. The van der Waals surface area contributed by atoms with Crippen molar-refractivity contribution in [2.24, 2.45) is 0 Å². The molecule has 25 heavy (non-hydrogen) atoms. The fourth-order valence-corrected chi connectivity index (χ4v) is 3.67. The highest BCUT2D eigenvalue weighted by Gasteiger charge is 2.37. The second kappa shape index (κ2) is 6.67. The Bertz CT molecular complexity index is 757. The van der Waals surface area contributed by atoms with Crippen LogP contribution < -0.4 is 5.32 Å². The van der Waals surface area contributed by atoms with Crippen molar-refractivity contribution in [3.63, 3.8) is 0 Å². The third-order valence-electron chi connectivity index (χ3n) is 5.37. The zero-order valence-corrected chi connectivity index (χ0v) is 14.2. The molecule has 0 bridgehead atoms. The SMILES string of the molecule is OC1(c2cc(-c3nc(NC4CCCCC4)ncc3F)ccn2)CCC1. The van der Waals surface area contributed by atoms with Gasteiger partial charge in [0, 0.05) is 17.8 Å². The van der Waals surface area contributed by atoms with Gasteiger partial charge in [0.2, 0.25) is 5.95 Å². The first-order valence-electron chi connectivity index (χ1n) is 9.12. The van der Waals surface area contributed by atoms with Crippen LogP contribution in [0.15, 0.2) is 24.5 Å². The third-order valence-corrected chi connectivity index (χ3v) is 5.37. The fraction of sp³-hybridized carbons (Fsp3) is 0.526. The molecular weight excluding hydrogens is 319 g/mol. The van der Waals surface area contributed by atoms with Crippen molar-refractivity contribution in [1.29, 1.82) is 0 Å². The van der Waals surface area contributed by atoms with Gasteiger partial charge in [0.25, 0.3) is 0 Å². The maximum absolute atomic E-state index is 14.3. The highest BCUT2D eigenvalue weighted by atomic mass is 19.1. The molecule has 2 aliphatic carbocycles. The molecule has 0 aromatic carbocycles. The second-order valence-corrected chi connectivity index (χ2v) is 7.18. The van der Waals surface area contributed by atoms with E-state index in [1.54, 1.807) is 18.3 Å². The standard InChI is InChI=1S/C19H23FN4O/c20-15-12-22-18(23-14-5-2-1-3-6-14)24-17(15)13-7-10-21-16(11-13)19(25)8-4-9-19/h7,10-12,14,25H,1-6,8-9H2,(H,22,23,24). The number of aromatic nitrogens is 3. The number of aliphatic hydroxyl groups is 1. The fourth-order valence-electron chi connectivity index (χ4n) is 3.67. The van der Waals surface area contributed by atoms with Gasteiger partial charge in [0.1, 0.15) is 11.3 Å². The predicted molar refractivity (Wildman–Crippen MR) is 93.5 cm³/mol. The van der Waals surface area contributed by atoms with Gasteiger partial charge in [-0.3, -0.25) is 4.98 Å². The molecule has 0 atom stereocenters. The molecule has 2 saturated carbocycles. The van der Waals surface area contributed by atoms with Gasteiger partial charge in [-0.1, -0.05) is 19.3 Å². The number of nitrogens with one attached hydrogen (secondary N) is 1. The van der Waals surface area contributed by atoms with E-state index < -0.39 is 11.4 Å². The summed E-state index contributed by atoms with van der Waals surface area (Å²) in [6.45, 7) is 0. The Balaban J connectivity index is 1.61. The molecule has 2 aromatic rings. The molecule has 2 aliphatic rings. The van der Waals surface area contributed by atoms with E-state index in [0.29, 0.717) is 36.1 Å². The van der Waals surface area contributed by atoms with Gasteiger partial charge in [-0.05, 0) is 44.2 Å². The summed E-state index contributed by atoms with van der Waals surface area (Å²) in [6, 6.07) is 3.83. The van der Waals surface area contributed by atoms with Crippen LogP contribution in [0.4, 0.5) is 10.3 Å². The average molecular weight is 342 g/mol. The summed E-state index contributed by atoms with van der Waals surface area (Å²) >= 11 is 0. The molecular formula is C19H23FN4O. The lowest BCUT2D eigenvalue weighted by Crippen LogP contribution is -2.34. The van der Waals surface area contributed by atoms with Gasteiger partial charge < -0.3 is 10.4 Å². The van der Waals surface area contributed by atoms with E-state index in [1.807, 2.05) is 0 Å². The van der Waals surface area contributed by atoms with Crippen molar-refractivity contribution >= 4 is 5.95 Å². The highest BCUT2D eigenvalue weighted by Crippen LogP contribution is 2.40. The van der Waals surface area contributed by atoms with Crippen molar-refractivity contribution in [3.8, 4) is 11.3 Å². The first kappa shape index (κ1) is 16.4. The molecule has 2 fully saturated rings. The first-order valence-corrected chi connectivity index (χ1v) is 9.12. The second-order valence-electron chi connectivity index (χ2n) is 7.18. The van der Waals surface area contributed by atoms with E-state index in [2.05, 4.69) is 20.3 Å². The monoisotopic (exact) mass is 342 g/mol. The van der Waals surface area contributed by atoms with Crippen molar-refractivity contribution in [2.75, 3.05) is 5.32 Å². The molecule has 2 heterocycles. The van der Waals surface area contributed by atoms with Crippen LogP contribution in [0.2, 0.25) is 0 Å². The van der Waals surface area contributed by atoms with Gasteiger partial charge in [-0.2, -0.15) is 0 Å². The lowest BCUT2D eigenvalue weighted by Gasteiger charge is -2.36. The molecule has 0 spiro atoms. The Labute approximate surface area is 146 Å². The Hall–Kier alpha value is -2.08.